The van der Waals surface area contributed by atoms with Gasteiger partial charge < -0.3 is 36.4 Å². The molecule has 16 heteroatoms. The molecule has 0 saturated carbocycles. The van der Waals surface area contributed by atoms with Gasteiger partial charge in [-0.2, -0.15) is 5.10 Å². The van der Waals surface area contributed by atoms with Crippen molar-refractivity contribution in [2.45, 2.75) is 25.0 Å². The topological polar surface area (TPSA) is 219 Å². The molecule has 3 aromatic heterocycles. The van der Waals surface area contributed by atoms with Gasteiger partial charge in [-0.05, 0) is 41.3 Å². The van der Waals surface area contributed by atoms with Gasteiger partial charge in [0.2, 0.25) is 0 Å². The van der Waals surface area contributed by atoms with Crippen LogP contribution in [-0.4, -0.2) is 66.2 Å². The third kappa shape index (κ3) is 7.69. The minimum Gasteiger partial charge on any atom is -0.481 e. The zero-order chi connectivity index (χ0) is 33.7. The summed E-state index contributed by atoms with van der Waals surface area (Å²) in [7, 11) is 0. The van der Waals surface area contributed by atoms with Crippen LogP contribution in [0.3, 0.4) is 0 Å². The molecule has 0 spiro atoms. The Morgan fingerprint density at radius 3 is 2.43 bits per heavy atom. The number of esters is 1. The van der Waals surface area contributed by atoms with E-state index in [9.17, 15) is 28.7 Å². The number of hydrogen-bond acceptors (Lipinski definition) is 10. The molecule has 14 nitrogen and oxygen atoms in total. The summed E-state index contributed by atoms with van der Waals surface area (Å²) in [6.07, 6.45) is 2.74. The van der Waals surface area contributed by atoms with Gasteiger partial charge in [-0.25, -0.2) is 19.0 Å². The van der Waals surface area contributed by atoms with Crippen molar-refractivity contribution in [3.63, 3.8) is 0 Å². The monoisotopic (exact) mass is 662 g/mol. The molecule has 242 valence electrons. The molecule has 0 aliphatic carbocycles. The van der Waals surface area contributed by atoms with Crippen LogP contribution in [0.4, 0.5) is 26.4 Å². The summed E-state index contributed by atoms with van der Waals surface area (Å²) < 4.78 is 20.8. The van der Waals surface area contributed by atoms with E-state index in [1.807, 2.05) is 17.5 Å². The molecule has 0 radical (unpaired) electrons. The molecule has 47 heavy (non-hydrogen) atoms. The van der Waals surface area contributed by atoms with Crippen LogP contribution in [0.2, 0.25) is 0 Å². The lowest BCUT2D eigenvalue weighted by Gasteiger charge is -2.20. The molecule has 7 N–H and O–H groups in total. The van der Waals surface area contributed by atoms with Crippen molar-refractivity contribution in [2.75, 3.05) is 23.0 Å². The summed E-state index contributed by atoms with van der Waals surface area (Å²) in [5.41, 5.74) is 7.46. The number of urea groups is 1. The Morgan fingerprint density at radius 1 is 0.979 bits per heavy atom. The number of aliphatic carboxylic acids is 2. The van der Waals surface area contributed by atoms with Crippen LogP contribution in [0, 0.1) is 5.82 Å². The average Bonchev–Trinajstić information content (AvgIpc) is 3.66. The molecule has 2 amide bonds. The van der Waals surface area contributed by atoms with Crippen LogP contribution in [0.5, 0.6) is 0 Å². The number of halogens is 1. The lowest BCUT2D eigenvalue weighted by Crippen LogP contribution is -2.43. The van der Waals surface area contributed by atoms with E-state index < -0.39 is 48.2 Å². The SMILES string of the molecule is Nc1ncc(-c2cnn(CCOC(=O)CC(O)(CC(=O)O)C(=O)O)c2)c2scc(-c3ccc(NC(=O)Nc4cccc(F)c4)cc3)c12. The molecule has 0 aliphatic heterocycles. The van der Waals surface area contributed by atoms with Crippen LogP contribution in [0.1, 0.15) is 12.8 Å². The molecular weight excluding hydrogens is 635 g/mol. The number of aliphatic hydroxyl groups is 1. The van der Waals surface area contributed by atoms with Gasteiger partial charge in [0.15, 0.2) is 5.60 Å². The van der Waals surface area contributed by atoms with E-state index in [1.165, 1.54) is 34.2 Å². The maximum absolute atomic E-state index is 13.4. The van der Waals surface area contributed by atoms with Crippen molar-refractivity contribution < 1.29 is 43.6 Å². The van der Waals surface area contributed by atoms with Gasteiger partial charge in [-0.3, -0.25) is 14.3 Å². The summed E-state index contributed by atoms with van der Waals surface area (Å²) in [5.74, 6) is -4.64. The Kier molecular flexibility index (Phi) is 9.43. The largest absolute Gasteiger partial charge is 0.481 e. The molecule has 1 unspecified atom stereocenters. The van der Waals surface area contributed by atoms with E-state index in [0.29, 0.717) is 22.8 Å². The van der Waals surface area contributed by atoms with Gasteiger partial charge in [-0.1, -0.05) is 18.2 Å². The third-order valence-electron chi connectivity index (χ3n) is 6.97. The fraction of sp³-hybridized carbons (Fsp3) is 0.161. The van der Waals surface area contributed by atoms with Gasteiger partial charge in [0, 0.05) is 50.5 Å². The predicted octanol–water partition coefficient (Wildman–Crippen LogP) is 4.42. The molecule has 1 atom stereocenters. The normalized spacial score (nSPS) is 12.3. The third-order valence-corrected chi connectivity index (χ3v) is 7.98. The second kappa shape index (κ2) is 13.6. The number of carbonyl (C=O) groups excluding carboxylic acids is 2. The molecule has 0 aliphatic rings. The summed E-state index contributed by atoms with van der Waals surface area (Å²) in [6.45, 7) is -0.114. The molecule has 0 saturated heterocycles. The first-order valence-corrected chi connectivity index (χ1v) is 14.8. The van der Waals surface area contributed by atoms with E-state index in [0.717, 1.165) is 26.8 Å². The Balaban J connectivity index is 1.25. The summed E-state index contributed by atoms with van der Waals surface area (Å²) in [4.78, 5) is 50.9. The highest BCUT2D eigenvalue weighted by molar-refractivity contribution is 7.18. The number of carboxylic acid groups (broad SMARTS) is 2. The van der Waals surface area contributed by atoms with E-state index in [2.05, 4.69) is 20.7 Å². The fourth-order valence-electron chi connectivity index (χ4n) is 4.71. The van der Waals surface area contributed by atoms with E-state index in [-0.39, 0.29) is 13.2 Å². The Morgan fingerprint density at radius 2 is 1.72 bits per heavy atom. The smallest absolute Gasteiger partial charge is 0.336 e. The number of hydrogen-bond donors (Lipinski definition) is 6. The van der Waals surface area contributed by atoms with Crippen molar-refractivity contribution >= 4 is 62.6 Å². The number of nitrogens with one attached hydrogen (secondary N) is 2. The predicted molar refractivity (Wildman–Crippen MR) is 170 cm³/mol. The minimum absolute atomic E-state index is 0.0953. The number of nitrogen functional groups attached to an aromatic ring is 1. The molecule has 0 fully saturated rings. The van der Waals surface area contributed by atoms with Gasteiger partial charge in [-0.15, -0.1) is 11.3 Å². The highest BCUT2D eigenvalue weighted by Crippen LogP contribution is 2.41. The first-order chi connectivity index (χ1) is 22.4. The van der Waals surface area contributed by atoms with E-state index in [4.69, 9.17) is 20.7 Å². The van der Waals surface area contributed by atoms with Crippen LogP contribution in [0.25, 0.3) is 32.3 Å². The Hall–Kier alpha value is -5.87. The molecule has 5 rings (SSSR count). The highest BCUT2D eigenvalue weighted by Gasteiger charge is 2.41. The zero-order valence-electron chi connectivity index (χ0n) is 24.3. The molecule has 0 bridgehead atoms. The number of amides is 2. The van der Waals surface area contributed by atoms with Crippen LogP contribution >= 0.6 is 11.3 Å². The summed E-state index contributed by atoms with van der Waals surface area (Å²) in [6, 6.07) is 12.1. The van der Waals surface area contributed by atoms with E-state index in [1.54, 1.807) is 36.8 Å². The minimum atomic E-state index is -2.78. The first-order valence-electron chi connectivity index (χ1n) is 13.9. The fourth-order valence-corrected chi connectivity index (χ4v) is 5.83. The summed E-state index contributed by atoms with van der Waals surface area (Å²) in [5, 5.41) is 40.2. The number of nitrogens with zero attached hydrogens (tertiary/aromatic N) is 3. The summed E-state index contributed by atoms with van der Waals surface area (Å²) >= 11 is 1.45. The number of nitrogens with two attached hydrogens (primary N) is 1. The maximum Gasteiger partial charge on any atom is 0.336 e. The van der Waals surface area contributed by atoms with Gasteiger partial charge in [0.1, 0.15) is 18.2 Å². The number of thiophene rings is 1. The van der Waals surface area contributed by atoms with Crippen molar-refractivity contribution in [1.82, 2.24) is 14.8 Å². The van der Waals surface area contributed by atoms with Gasteiger partial charge in [0.05, 0.1) is 25.6 Å². The Bertz CT molecular complexity index is 1980. The molecule has 5 aromatic rings. The number of benzene rings is 2. The van der Waals surface area contributed by atoms with Gasteiger partial charge in [0.25, 0.3) is 0 Å². The number of aromatic nitrogens is 3. The molecular formula is C31H27FN6O8S. The second-order valence-electron chi connectivity index (χ2n) is 10.4. The highest BCUT2D eigenvalue weighted by atomic mass is 32.1. The van der Waals surface area contributed by atoms with E-state index >= 15 is 0 Å². The lowest BCUT2D eigenvalue weighted by atomic mass is 9.96. The Labute approximate surface area is 269 Å². The first kappa shape index (κ1) is 32.5. The van der Waals surface area contributed by atoms with Crippen LogP contribution < -0.4 is 16.4 Å². The van der Waals surface area contributed by atoms with Crippen LogP contribution in [-0.2, 0) is 25.7 Å². The van der Waals surface area contributed by atoms with Crippen molar-refractivity contribution in [1.29, 1.82) is 0 Å². The number of carbonyl (C=O) groups is 4. The number of carboxylic acids is 2. The van der Waals surface area contributed by atoms with Crippen molar-refractivity contribution in [2.24, 2.45) is 0 Å². The lowest BCUT2D eigenvalue weighted by molar-refractivity contribution is -0.172. The maximum atomic E-state index is 13.4. The number of pyridine rings is 1. The van der Waals surface area contributed by atoms with Crippen molar-refractivity contribution in [3.05, 3.63) is 78.3 Å². The number of ether oxygens (including phenoxy) is 1. The standard InChI is InChI=1S/C31H27FN6O8S/c32-19-2-1-3-21(10-19)37-30(44)36-20-6-4-17(5-7-20)23-16-47-27-22(14-34-28(33)26(23)27)18-13-35-38(15-18)8-9-46-25(41)12-31(45,29(42)43)11-24(39)40/h1-7,10,13-16,45H,8-9,11-12H2,(H2,33,34)(H,39,40)(H,42,43)(H2,36,37,44). The number of rotatable bonds is 12. The number of fused-ring (bicyclic) bond motifs is 1. The van der Waals surface area contributed by atoms with Crippen molar-refractivity contribution in [3.8, 4) is 22.3 Å². The molecule has 2 aromatic carbocycles. The van der Waals surface area contributed by atoms with Crippen LogP contribution in [0.15, 0.2) is 72.5 Å². The average molecular weight is 663 g/mol. The zero-order valence-corrected chi connectivity index (χ0v) is 25.2. The molecule has 3 heterocycles. The van der Waals surface area contributed by atoms with Gasteiger partial charge >= 0.3 is 23.9 Å². The number of anilines is 3. The second-order valence-corrected chi connectivity index (χ2v) is 11.3. The quantitative estimate of drug-likeness (QED) is 0.103.